The van der Waals surface area contributed by atoms with Gasteiger partial charge in [-0.25, -0.2) is 4.98 Å². The van der Waals surface area contributed by atoms with Gasteiger partial charge in [-0.2, -0.15) is 0 Å². The highest BCUT2D eigenvalue weighted by molar-refractivity contribution is 8.00. The molecule has 0 fully saturated rings. The summed E-state index contributed by atoms with van der Waals surface area (Å²) in [6.07, 6.45) is 0.205. The number of carbonyl (C=O) groups is 1. The Bertz CT molecular complexity index is 1100. The summed E-state index contributed by atoms with van der Waals surface area (Å²) in [5.74, 6) is 0.612. The minimum Gasteiger partial charge on any atom is -0.300 e. The number of hydrogen-bond acceptors (Lipinski definition) is 7. The Hall–Kier alpha value is -2.26. The van der Waals surface area contributed by atoms with Gasteiger partial charge in [0.15, 0.2) is 4.34 Å². The van der Waals surface area contributed by atoms with E-state index in [1.54, 1.807) is 11.8 Å². The SMILES string of the molecule is O=C(Cc1csc(-c2ccccc2)n1)Nc1nnc(SCc2ccc(Cl)cc2)s1. The van der Waals surface area contributed by atoms with Gasteiger partial charge < -0.3 is 5.32 Å². The van der Waals surface area contributed by atoms with Gasteiger partial charge in [0, 0.05) is 21.7 Å². The number of carbonyl (C=O) groups excluding carboxylic acids is 1. The lowest BCUT2D eigenvalue weighted by Crippen LogP contribution is -2.14. The van der Waals surface area contributed by atoms with Gasteiger partial charge in [-0.05, 0) is 17.7 Å². The third kappa shape index (κ3) is 5.63. The standard InChI is InChI=1S/C20H15ClN4OS3/c21-15-8-6-13(7-9-15)11-28-20-25-24-19(29-20)23-17(26)10-16-12-27-18(22-16)14-4-2-1-3-5-14/h1-9,12H,10-11H2,(H,23,24,26). The van der Waals surface area contributed by atoms with Crippen LogP contribution in [0.2, 0.25) is 5.02 Å². The molecule has 1 N–H and O–H groups in total. The van der Waals surface area contributed by atoms with E-state index < -0.39 is 0 Å². The molecule has 0 atom stereocenters. The number of halogens is 1. The van der Waals surface area contributed by atoms with Crippen molar-refractivity contribution >= 4 is 57.1 Å². The minimum atomic E-state index is -0.152. The summed E-state index contributed by atoms with van der Waals surface area (Å²) >= 11 is 10.4. The second kappa shape index (κ2) is 9.49. The van der Waals surface area contributed by atoms with Crippen LogP contribution in [0.1, 0.15) is 11.3 Å². The fourth-order valence-electron chi connectivity index (χ4n) is 2.47. The molecule has 4 aromatic rings. The van der Waals surface area contributed by atoms with Gasteiger partial charge in [0.1, 0.15) is 5.01 Å². The predicted octanol–water partition coefficient (Wildman–Crippen LogP) is 5.79. The molecule has 0 radical (unpaired) electrons. The third-order valence-electron chi connectivity index (χ3n) is 3.84. The van der Waals surface area contributed by atoms with Gasteiger partial charge in [0.2, 0.25) is 11.0 Å². The molecule has 5 nitrogen and oxygen atoms in total. The van der Waals surface area contributed by atoms with E-state index in [0.29, 0.717) is 5.13 Å². The lowest BCUT2D eigenvalue weighted by Gasteiger charge is -1.99. The van der Waals surface area contributed by atoms with Gasteiger partial charge in [-0.1, -0.05) is 77.2 Å². The van der Waals surface area contributed by atoms with Crippen LogP contribution in [-0.4, -0.2) is 21.1 Å². The van der Waals surface area contributed by atoms with Crippen LogP contribution in [0.5, 0.6) is 0 Å². The van der Waals surface area contributed by atoms with E-state index >= 15 is 0 Å². The fourth-order valence-corrected chi connectivity index (χ4v) is 5.15. The molecule has 146 valence electrons. The second-order valence-electron chi connectivity index (χ2n) is 6.02. The Morgan fingerprint density at radius 2 is 1.86 bits per heavy atom. The minimum absolute atomic E-state index is 0.152. The van der Waals surface area contributed by atoms with Crippen LogP contribution in [0.15, 0.2) is 64.3 Å². The van der Waals surface area contributed by atoms with Crippen molar-refractivity contribution in [1.82, 2.24) is 15.2 Å². The van der Waals surface area contributed by atoms with Gasteiger partial charge >= 0.3 is 0 Å². The second-order valence-corrected chi connectivity index (χ2v) is 9.52. The van der Waals surface area contributed by atoms with Crippen LogP contribution in [0.4, 0.5) is 5.13 Å². The van der Waals surface area contributed by atoms with Crippen LogP contribution in [0.3, 0.4) is 0 Å². The fraction of sp³-hybridized carbons (Fsp3) is 0.100. The Morgan fingerprint density at radius 1 is 1.07 bits per heavy atom. The summed E-state index contributed by atoms with van der Waals surface area (Å²) in [5.41, 5.74) is 2.95. The summed E-state index contributed by atoms with van der Waals surface area (Å²) < 4.78 is 0.801. The molecule has 0 aliphatic rings. The van der Waals surface area contributed by atoms with Crippen LogP contribution in [0, 0.1) is 0 Å². The highest BCUT2D eigenvalue weighted by Crippen LogP contribution is 2.29. The number of anilines is 1. The molecule has 4 rings (SSSR count). The van der Waals surface area contributed by atoms with E-state index in [-0.39, 0.29) is 12.3 Å². The molecule has 0 saturated heterocycles. The Balaban J connectivity index is 1.30. The highest BCUT2D eigenvalue weighted by atomic mass is 35.5. The van der Waals surface area contributed by atoms with Crippen molar-refractivity contribution in [1.29, 1.82) is 0 Å². The number of benzene rings is 2. The molecule has 2 aromatic heterocycles. The van der Waals surface area contributed by atoms with Crippen molar-refractivity contribution in [2.24, 2.45) is 0 Å². The van der Waals surface area contributed by atoms with Crippen molar-refractivity contribution in [3.63, 3.8) is 0 Å². The van der Waals surface area contributed by atoms with E-state index in [1.165, 1.54) is 22.7 Å². The topological polar surface area (TPSA) is 67.8 Å². The molecular formula is C20H15ClN4OS3. The Kier molecular flexibility index (Phi) is 6.56. The maximum Gasteiger partial charge on any atom is 0.232 e. The first kappa shape index (κ1) is 20.0. The van der Waals surface area contributed by atoms with E-state index in [1.807, 2.05) is 60.0 Å². The van der Waals surface area contributed by atoms with Crippen molar-refractivity contribution < 1.29 is 4.79 Å². The maximum absolute atomic E-state index is 12.3. The lowest BCUT2D eigenvalue weighted by atomic mass is 10.2. The molecular weight excluding hydrogens is 444 g/mol. The summed E-state index contributed by atoms with van der Waals surface area (Å²) in [6.45, 7) is 0. The molecule has 0 saturated carbocycles. The van der Waals surface area contributed by atoms with Gasteiger partial charge in [0.05, 0.1) is 12.1 Å². The summed E-state index contributed by atoms with van der Waals surface area (Å²) in [4.78, 5) is 16.9. The van der Waals surface area contributed by atoms with E-state index in [4.69, 9.17) is 11.6 Å². The number of nitrogens with one attached hydrogen (secondary N) is 1. The zero-order chi connectivity index (χ0) is 20.1. The summed E-state index contributed by atoms with van der Waals surface area (Å²) in [6, 6.07) is 17.6. The normalized spacial score (nSPS) is 10.8. The summed E-state index contributed by atoms with van der Waals surface area (Å²) in [5, 5.41) is 15.0. The third-order valence-corrected chi connectivity index (χ3v) is 7.08. The van der Waals surface area contributed by atoms with E-state index in [2.05, 4.69) is 20.5 Å². The molecule has 2 aromatic carbocycles. The molecule has 0 spiro atoms. The van der Waals surface area contributed by atoms with Crippen LogP contribution < -0.4 is 5.32 Å². The number of nitrogens with zero attached hydrogens (tertiary/aromatic N) is 3. The molecule has 0 unspecified atom stereocenters. The number of rotatable bonds is 7. The van der Waals surface area contributed by atoms with Crippen LogP contribution >= 0.6 is 46.0 Å². The number of thiazole rings is 1. The average molecular weight is 459 g/mol. The molecule has 9 heteroatoms. The Labute approximate surface area is 185 Å². The van der Waals surface area contributed by atoms with E-state index in [0.717, 1.165) is 36.9 Å². The number of thioether (sulfide) groups is 1. The van der Waals surface area contributed by atoms with Crippen LogP contribution in [0.25, 0.3) is 10.6 Å². The first-order valence-electron chi connectivity index (χ1n) is 8.66. The average Bonchev–Trinajstić information content (AvgIpc) is 3.38. The highest BCUT2D eigenvalue weighted by Gasteiger charge is 2.12. The van der Waals surface area contributed by atoms with Gasteiger partial charge in [-0.15, -0.1) is 21.5 Å². The zero-order valence-corrected chi connectivity index (χ0v) is 18.2. The molecule has 1 amide bonds. The first-order chi connectivity index (χ1) is 14.2. The molecule has 0 bridgehead atoms. The van der Waals surface area contributed by atoms with Crippen LogP contribution in [-0.2, 0) is 17.0 Å². The molecule has 2 heterocycles. The van der Waals surface area contributed by atoms with Gasteiger partial charge in [-0.3, -0.25) is 4.79 Å². The van der Waals surface area contributed by atoms with Crippen molar-refractivity contribution in [2.75, 3.05) is 5.32 Å². The van der Waals surface area contributed by atoms with Crippen molar-refractivity contribution in [3.8, 4) is 10.6 Å². The maximum atomic E-state index is 12.3. The zero-order valence-electron chi connectivity index (χ0n) is 15.0. The smallest absolute Gasteiger partial charge is 0.232 e. The molecule has 0 aliphatic carbocycles. The largest absolute Gasteiger partial charge is 0.300 e. The monoisotopic (exact) mass is 458 g/mol. The quantitative estimate of drug-likeness (QED) is 0.280. The molecule has 0 aliphatic heterocycles. The summed E-state index contributed by atoms with van der Waals surface area (Å²) in [7, 11) is 0. The predicted molar refractivity (Wildman–Crippen MR) is 121 cm³/mol. The number of amides is 1. The van der Waals surface area contributed by atoms with Gasteiger partial charge in [0.25, 0.3) is 0 Å². The van der Waals surface area contributed by atoms with E-state index in [9.17, 15) is 4.79 Å². The molecule has 29 heavy (non-hydrogen) atoms. The van der Waals surface area contributed by atoms with Crippen molar-refractivity contribution in [3.05, 3.63) is 76.3 Å². The Morgan fingerprint density at radius 3 is 2.66 bits per heavy atom. The number of hydrogen-bond donors (Lipinski definition) is 1. The number of aromatic nitrogens is 3. The van der Waals surface area contributed by atoms with Crippen molar-refractivity contribution in [2.45, 2.75) is 16.5 Å². The first-order valence-corrected chi connectivity index (χ1v) is 11.7. The lowest BCUT2D eigenvalue weighted by molar-refractivity contribution is -0.115.